The number of rotatable bonds is 8. The van der Waals surface area contributed by atoms with Gasteiger partial charge in [-0.3, -0.25) is 4.98 Å². The Kier molecular flexibility index (Phi) is 6.41. The lowest BCUT2D eigenvalue weighted by molar-refractivity contribution is 0.405. The number of fused-ring (bicyclic) bond motifs is 2. The summed E-state index contributed by atoms with van der Waals surface area (Å²) < 4.78 is 0. The number of nitrogens with one attached hydrogen (secondary N) is 2. The van der Waals surface area contributed by atoms with Gasteiger partial charge in [0, 0.05) is 46.3 Å². The second-order valence-electron chi connectivity index (χ2n) is 8.85. The van der Waals surface area contributed by atoms with Gasteiger partial charge in [-0.05, 0) is 92.5 Å². The number of anilines is 1. The molecule has 0 atom stereocenters. The summed E-state index contributed by atoms with van der Waals surface area (Å²) in [5.41, 5.74) is 5.38. The minimum atomic E-state index is 0.152. The topological polar surface area (TPSA) is 88.9 Å². The molecule has 1 aliphatic rings. The molecule has 3 N–H and O–H groups in total. The summed E-state index contributed by atoms with van der Waals surface area (Å²) in [4.78, 5) is 9.30. The van der Waals surface area contributed by atoms with Crippen molar-refractivity contribution in [1.82, 2.24) is 14.9 Å². The molecule has 0 fully saturated rings. The van der Waals surface area contributed by atoms with Crippen LogP contribution in [0.1, 0.15) is 17.5 Å². The average molecular weight is 465 g/mol. The maximum Gasteiger partial charge on any atom is 0.196 e. The van der Waals surface area contributed by atoms with Gasteiger partial charge in [0.25, 0.3) is 0 Å². The van der Waals surface area contributed by atoms with Gasteiger partial charge in [-0.25, -0.2) is 0 Å². The van der Waals surface area contributed by atoms with Crippen molar-refractivity contribution < 1.29 is 5.11 Å². The van der Waals surface area contributed by atoms with E-state index in [1.807, 2.05) is 60.7 Å². The van der Waals surface area contributed by atoms with Crippen LogP contribution in [-0.2, 0) is 0 Å². The molecule has 2 aromatic carbocycles. The fraction of sp³-hybridized carbons (Fsp3) is 0.179. The molecule has 5 rings (SSSR count). The lowest BCUT2D eigenvalue weighted by Crippen LogP contribution is -2.16. The van der Waals surface area contributed by atoms with Gasteiger partial charge in [0.15, 0.2) is 5.88 Å². The van der Waals surface area contributed by atoms with Crippen LogP contribution in [0.15, 0.2) is 77.2 Å². The van der Waals surface area contributed by atoms with Crippen LogP contribution in [0, 0.1) is 0 Å². The second kappa shape index (κ2) is 9.95. The minimum absolute atomic E-state index is 0.152. The Labute approximate surface area is 203 Å². The van der Waals surface area contributed by atoms with E-state index < -0.39 is 0 Å². The quantitative estimate of drug-likeness (QED) is 0.338. The number of hydrogen-bond donors (Lipinski definition) is 3. The lowest BCUT2D eigenvalue weighted by atomic mass is 10.1. The van der Waals surface area contributed by atoms with Gasteiger partial charge in [-0.2, -0.15) is 0 Å². The molecule has 0 amide bonds. The number of benzene rings is 2. The van der Waals surface area contributed by atoms with Gasteiger partial charge < -0.3 is 20.3 Å². The van der Waals surface area contributed by atoms with Gasteiger partial charge in [0.1, 0.15) is 0 Å². The van der Waals surface area contributed by atoms with Crippen molar-refractivity contribution in [3.63, 3.8) is 0 Å². The number of H-pyrrole nitrogens is 1. The van der Waals surface area contributed by atoms with E-state index in [2.05, 4.69) is 50.6 Å². The van der Waals surface area contributed by atoms with Gasteiger partial charge >= 0.3 is 0 Å². The fourth-order valence-corrected chi connectivity index (χ4v) is 4.12. The Balaban J connectivity index is 1.43. The first kappa shape index (κ1) is 22.6. The highest BCUT2D eigenvalue weighted by Crippen LogP contribution is 2.30. The molecule has 2 aromatic heterocycles. The summed E-state index contributed by atoms with van der Waals surface area (Å²) in [5.74, 6) is 0.152. The largest absolute Gasteiger partial charge is 0.494 e. The second-order valence-corrected chi connectivity index (χ2v) is 8.85. The number of nitrogens with zero attached hydrogens (tertiary/aromatic N) is 4. The van der Waals surface area contributed by atoms with Gasteiger partial charge in [-0.1, -0.05) is 12.1 Å². The number of azo groups is 1. The molecule has 0 saturated heterocycles. The summed E-state index contributed by atoms with van der Waals surface area (Å²) in [6.45, 7) is 1.93. The van der Waals surface area contributed by atoms with Crippen molar-refractivity contribution in [3.05, 3.63) is 88.6 Å². The van der Waals surface area contributed by atoms with E-state index in [1.54, 1.807) is 12.4 Å². The first-order valence-electron chi connectivity index (χ1n) is 11.7. The van der Waals surface area contributed by atoms with E-state index in [4.69, 9.17) is 0 Å². The summed E-state index contributed by atoms with van der Waals surface area (Å²) >= 11 is 0. The standard InChI is InChI=1S/C28H28N6O/c1-34(2)15-3-12-30-21-6-9-25-23(18-21)24(28(35)31-25)16-20-4-7-22-26(32-33-27(22)17-20)8-5-19-10-13-29-14-11-19/h4-11,13-14,16-18,30-31,35H,3,12,15H2,1-2H3/b8-5+,20-16?. The normalized spacial score (nSPS) is 13.5. The number of aromatic amines is 1. The van der Waals surface area contributed by atoms with Crippen molar-refractivity contribution in [2.75, 3.05) is 32.5 Å². The van der Waals surface area contributed by atoms with Crippen molar-refractivity contribution in [1.29, 1.82) is 0 Å². The average Bonchev–Trinajstić information content (AvgIpc) is 3.41. The predicted octanol–water partition coefficient (Wildman–Crippen LogP) is 4.38. The Hall–Kier alpha value is -4.23. The first-order chi connectivity index (χ1) is 17.1. The van der Waals surface area contributed by atoms with E-state index in [1.165, 1.54) is 0 Å². The predicted molar refractivity (Wildman–Crippen MR) is 142 cm³/mol. The Morgan fingerprint density at radius 3 is 2.69 bits per heavy atom. The zero-order chi connectivity index (χ0) is 24.2. The monoisotopic (exact) mass is 464 g/mol. The maximum absolute atomic E-state index is 10.6. The molecular weight excluding hydrogens is 436 g/mol. The van der Waals surface area contributed by atoms with Crippen LogP contribution in [0.5, 0.6) is 5.88 Å². The third-order valence-corrected chi connectivity index (χ3v) is 5.94. The third kappa shape index (κ3) is 5.15. The smallest absolute Gasteiger partial charge is 0.196 e. The van der Waals surface area contributed by atoms with E-state index in [-0.39, 0.29) is 5.88 Å². The molecule has 3 heterocycles. The van der Waals surface area contributed by atoms with Gasteiger partial charge in [-0.15, -0.1) is 10.2 Å². The van der Waals surface area contributed by atoms with Crippen molar-refractivity contribution >= 4 is 40.1 Å². The van der Waals surface area contributed by atoms with Crippen LogP contribution in [0.2, 0.25) is 0 Å². The fourth-order valence-electron chi connectivity index (χ4n) is 4.12. The van der Waals surface area contributed by atoms with Crippen LogP contribution < -0.4 is 15.8 Å². The molecule has 0 aliphatic carbocycles. The van der Waals surface area contributed by atoms with E-state index in [9.17, 15) is 5.11 Å². The molecule has 176 valence electrons. The molecular formula is C28H28N6O. The summed E-state index contributed by atoms with van der Waals surface area (Å²) in [6, 6.07) is 16.0. The molecule has 7 heteroatoms. The van der Waals surface area contributed by atoms with Crippen LogP contribution in [-0.4, -0.2) is 47.2 Å². The SMILES string of the molecule is CN(C)CCCNc1ccc2[nH]c(O)c(C=c3ccc4c(c3)N=NC=4/C=C/c3ccncc3)c2c1. The zero-order valence-electron chi connectivity index (χ0n) is 19.9. The molecule has 0 bridgehead atoms. The Morgan fingerprint density at radius 1 is 1.00 bits per heavy atom. The lowest BCUT2D eigenvalue weighted by Gasteiger charge is -2.10. The molecule has 4 aromatic rings. The Morgan fingerprint density at radius 2 is 1.86 bits per heavy atom. The molecule has 1 aliphatic heterocycles. The Bertz CT molecular complexity index is 1530. The number of aromatic hydroxyl groups is 1. The van der Waals surface area contributed by atoms with Gasteiger partial charge in [0.05, 0.1) is 11.4 Å². The van der Waals surface area contributed by atoms with Crippen LogP contribution in [0.3, 0.4) is 0 Å². The maximum atomic E-state index is 10.6. The van der Waals surface area contributed by atoms with E-state index >= 15 is 0 Å². The van der Waals surface area contributed by atoms with Crippen LogP contribution >= 0.6 is 0 Å². The number of aromatic nitrogens is 2. The number of hydrogen-bond acceptors (Lipinski definition) is 6. The molecule has 0 spiro atoms. The minimum Gasteiger partial charge on any atom is -0.494 e. The van der Waals surface area contributed by atoms with Crippen molar-refractivity contribution in [3.8, 4) is 5.88 Å². The molecule has 35 heavy (non-hydrogen) atoms. The van der Waals surface area contributed by atoms with E-state index in [0.717, 1.165) is 69.0 Å². The van der Waals surface area contributed by atoms with Crippen molar-refractivity contribution in [2.45, 2.75) is 6.42 Å². The molecule has 0 saturated carbocycles. The highest BCUT2D eigenvalue weighted by atomic mass is 16.3. The third-order valence-electron chi connectivity index (χ3n) is 5.94. The molecule has 0 unspecified atom stereocenters. The summed E-state index contributed by atoms with van der Waals surface area (Å²) in [5, 5.41) is 25.7. The summed E-state index contributed by atoms with van der Waals surface area (Å²) in [6.07, 6.45) is 10.5. The number of pyridine rings is 1. The van der Waals surface area contributed by atoms with E-state index in [0.29, 0.717) is 0 Å². The highest BCUT2D eigenvalue weighted by Gasteiger charge is 2.11. The van der Waals surface area contributed by atoms with Gasteiger partial charge in [0.2, 0.25) is 0 Å². The molecule has 7 nitrogen and oxygen atoms in total. The molecule has 0 radical (unpaired) electrons. The highest BCUT2D eigenvalue weighted by molar-refractivity contribution is 5.94. The zero-order valence-corrected chi connectivity index (χ0v) is 19.9. The van der Waals surface area contributed by atoms with Crippen molar-refractivity contribution in [2.24, 2.45) is 10.2 Å². The first-order valence-corrected chi connectivity index (χ1v) is 11.7. The van der Waals surface area contributed by atoms with Crippen LogP contribution in [0.25, 0.3) is 28.8 Å². The van der Waals surface area contributed by atoms with Crippen LogP contribution in [0.4, 0.5) is 11.4 Å². The summed E-state index contributed by atoms with van der Waals surface area (Å²) in [7, 11) is 4.16.